The van der Waals surface area contributed by atoms with E-state index in [4.69, 9.17) is 5.11 Å². The lowest BCUT2D eigenvalue weighted by molar-refractivity contribution is 0.476. The maximum atomic E-state index is 11.1. The van der Waals surface area contributed by atoms with Crippen LogP contribution in [0.25, 0.3) is 11.0 Å². The molecule has 0 unspecified atom stereocenters. The zero-order chi connectivity index (χ0) is 9.42. The highest BCUT2D eigenvalue weighted by atomic mass is 16.3. The first-order chi connectivity index (χ1) is 6.16. The monoisotopic (exact) mass is 176 g/mol. The number of rotatable bonds is 0. The van der Waals surface area contributed by atoms with Crippen molar-refractivity contribution in [2.45, 2.75) is 6.92 Å². The SMILES string of the molecule is Cc1nc2ccc(O)cc2[nH]c1=O. The van der Waals surface area contributed by atoms with Gasteiger partial charge in [0.2, 0.25) is 0 Å². The van der Waals surface area contributed by atoms with Gasteiger partial charge in [-0.05, 0) is 19.1 Å². The third kappa shape index (κ3) is 1.26. The van der Waals surface area contributed by atoms with Gasteiger partial charge in [-0.1, -0.05) is 0 Å². The lowest BCUT2D eigenvalue weighted by Crippen LogP contribution is -2.11. The highest BCUT2D eigenvalue weighted by Crippen LogP contribution is 2.14. The van der Waals surface area contributed by atoms with Crippen LogP contribution in [0.4, 0.5) is 0 Å². The van der Waals surface area contributed by atoms with Gasteiger partial charge < -0.3 is 10.1 Å². The molecule has 66 valence electrons. The summed E-state index contributed by atoms with van der Waals surface area (Å²) < 4.78 is 0. The second-order valence-corrected chi connectivity index (χ2v) is 2.85. The quantitative estimate of drug-likeness (QED) is 0.627. The number of hydrogen-bond acceptors (Lipinski definition) is 3. The van der Waals surface area contributed by atoms with Crippen molar-refractivity contribution in [3.8, 4) is 5.75 Å². The number of fused-ring (bicyclic) bond motifs is 1. The van der Waals surface area contributed by atoms with Crippen molar-refractivity contribution >= 4 is 11.0 Å². The maximum Gasteiger partial charge on any atom is 0.269 e. The van der Waals surface area contributed by atoms with Crippen molar-refractivity contribution in [1.82, 2.24) is 9.97 Å². The smallest absolute Gasteiger partial charge is 0.269 e. The van der Waals surface area contributed by atoms with E-state index in [1.807, 2.05) is 0 Å². The largest absolute Gasteiger partial charge is 0.508 e. The molecule has 0 bridgehead atoms. The summed E-state index contributed by atoms with van der Waals surface area (Å²) in [5, 5.41) is 9.14. The van der Waals surface area contributed by atoms with Crippen molar-refractivity contribution in [3.63, 3.8) is 0 Å². The molecule has 2 aromatic rings. The van der Waals surface area contributed by atoms with E-state index < -0.39 is 0 Å². The summed E-state index contributed by atoms with van der Waals surface area (Å²) in [6.07, 6.45) is 0. The predicted octanol–water partition coefficient (Wildman–Crippen LogP) is 0.937. The number of aromatic hydroxyl groups is 1. The number of aromatic nitrogens is 2. The molecule has 0 amide bonds. The minimum absolute atomic E-state index is 0.119. The van der Waals surface area contributed by atoms with E-state index in [0.29, 0.717) is 16.7 Å². The Morgan fingerprint density at radius 1 is 1.46 bits per heavy atom. The van der Waals surface area contributed by atoms with Crippen LogP contribution >= 0.6 is 0 Å². The Morgan fingerprint density at radius 3 is 3.00 bits per heavy atom. The van der Waals surface area contributed by atoms with Gasteiger partial charge in [0.05, 0.1) is 11.0 Å². The van der Waals surface area contributed by atoms with Gasteiger partial charge in [-0.2, -0.15) is 0 Å². The van der Waals surface area contributed by atoms with Crippen LogP contribution < -0.4 is 5.56 Å². The van der Waals surface area contributed by atoms with Gasteiger partial charge >= 0.3 is 0 Å². The zero-order valence-corrected chi connectivity index (χ0v) is 7.03. The van der Waals surface area contributed by atoms with Gasteiger partial charge in [-0.15, -0.1) is 0 Å². The van der Waals surface area contributed by atoms with Gasteiger partial charge in [-0.3, -0.25) is 4.79 Å². The van der Waals surface area contributed by atoms with Crippen LogP contribution in [0, 0.1) is 6.92 Å². The number of benzene rings is 1. The number of nitrogens with zero attached hydrogens (tertiary/aromatic N) is 1. The summed E-state index contributed by atoms with van der Waals surface area (Å²) in [7, 11) is 0. The van der Waals surface area contributed by atoms with Crippen molar-refractivity contribution in [3.05, 3.63) is 34.2 Å². The number of aryl methyl sites for hydroxylation is 1. The summed E-state index contributed by atoms with van der Waals surface area (Å²) in [6.45, 7) is 1.64. The zero-order valence-electron chi connectivity index (χ0n) is 7.03. The third-order valence-corrected chi connectivity index (χ3v) is 1.85. The molecule has 0 aliphatic rings. The second kappa shape index (κ2) is 2.58. The van der Waals surface area contributed by atoms with Crippen LogP contribution in [0.1, 0.15) is 5.69 Å². The molecular weight excluding hydrogens is 168 g/mol. The van der Waals surface area contributed by atoms with Crippen molar-refractivity contribution in [2.75, 3.05) is 0 Å². The first-order valence-electron chi connectivity index (χ1n) is 3.86. The molecule has 0 atom stereocenters. The van der Waals surface area contributed by atoms with Crippen LogP contribution in [0.15, 0.2) is 23.0 Å². The van der Waals surface area contributed by atoms with Crippen LogP contribution in [0.3, 0.4) is 0 Å². The highest BCUT2D eigenvalue weighted by Gasteiger charge is 2.00. The number of phenols is 1. The normalized spacial score (nSPS) is 10.5. The molecule has 1 aromatic carbocycles. The summed E-state index contributed by atoms with van der Waals surface area (Å²) in [5.74, 6) is 0.119. The van der Waals surface area contributed by atoms with Crippen LogP contribution in [-0.2, 0) is 0 Å². The lowest BCUT2D eigenvalue weighted by atomic mass is 10.3. The summed E-state index contributed by atoms with van der Waals surface area (Å²) in [6, 6.07) is 4.67. The van der Waals surface area contributed by atoms with E-state index in [2.05, 4.69) is 9.97 Å². The first-order valence-corrected chi connectivity index (χ1v) is 3.86. The van der Waals surface area contributed by atoms with Gasteiger partial charge in [0.15, 0.2) is 0 Å². The summed E-state index contributed by atoms with van der Waals surface area (Å²) in [4.78, 5) is 17.8. The minimum atomic E-state index is -0.224. The van der Waals surface area contributed by atoms with E-state index in [0.717, 1.165) is 0 Å². The van der Waals surface area contributed by atoms with E-state index in [1.165, 1.54) is 12.1 Å². The number of aromatic amines is 1. The van der Waals surface area contributed by atoms with Gasteiger partial charge in [0.1, 0.15) is 11.4 Å². The van der Waals surface area contributed by atoms with Gasteiger partial charge in [-0.25, -0.2) is 4.98 Å². The van der Waals surface area contributed by atoms with E-state index in [1.54, 1.807) is 13.0 Å². The number of nitrogens with one attached hydrogen (secondary N) is 1. The molecule has 0 saturated heterocycles. The minimum Gasteiger partial charge on any atom is -0.508 e. The number of H-pyrrole nitrogens is 1. The molecule has 0 radical (unpaired) electrons. The van der Waals surface area contributed by atoms with Gasteiger partial charge in [0, 0.05) is 6.07 Å². The molecule has 2 rings (SSSR count). The fourth-order valence-electron chi connectivity index (χ4n) is 1.17. The highest BCUT2D eigenvalue weighted by molar-refractivity contribution is 5.75. The molecule has 1 heterocycles. The Bertz CT molecular complexity index is 516. The van der Waals surface area contributed by atoms with E-state index in [-0.39, 0.29) is 11.3 Å². The predicted molar refractivity (Wildman–Crippen MR) is 48.8 cm³/mol. The fourth-order valence-corrected chi connectivity index (χ4v) is 1.17. The Balaban J connectivity index is 2.89. The Hall–Kier alpha value is -1.84. The summed E-state index contributed by atoms with van der Waals surface area (Å²) >= 11 is 0. The number of phenolic OH excluding ortho intramolecular Hbond substituents is 1. The third-order valence-electron chi connectivity index (χ3n) is 1.85. The van der Waals surface area contributed by atoms with Crippen LogP contribution in [0.2, 0.25) is 0 Å². The second-order valence-electron chi connectivity index (χ2n) is 2.85. The lowest BCUT2D eigenvalue weighted by Gasteiger charge is -1.98. The topological polar surface area (TPSA) is 66.0 Å². The van der Waals surface area contributed by atoms with E-state index in [9.17, 15) is 4.79 Å². The van der Waals surface area contributed by atoms with Crippen molar-refractivity contribution < 1.29 is 5.11 Å². The molecule has 0 saturated carbocycles. The number of hydrogen-bond donors (Lipinski definition) is 2. The molecule has 4 heteroatoms. The van der Waals surface area contributed by atoms with E-state index >= 15 is 0 Å². The average molecular weight is 176 g/mol. The maximum absolute atomic E-state index is 11.1. The van der Waals surface area contributed by atoms with Crippen molar-refractivity contribution in [1.29, 1.82) is 0 Å². The summed E-state index contributed by atoms with van der Waals surface area (Å²) in [5.41, 5.74) is 1.43. The average Bonchev–Trinajstić information content (AvgIpc) is 2.08. The van der Waals surface area contributed by atoms with Gasteiger partial charge in [0.25, 0.3) is 5.56 Å². The molecule has 0 aliphatic carbocycles. The fraction of sp³-hybridized carbons (Fsp3) is 0.111. The molecule has 1 aromatic heterocycles. The standard InChI is InChI=1S/C9H8N2O2/c1-5-9(13)11-8-4-6(12)2-3-7(8)10-5/h2-4,12H,1H3,(H,11,13). The molecule has 0 fully saturated rings. The Labute approximate surface area is 73.9 Å². The molecule has 0 spiro atoms. The van der Waals surface area contributed by atoms with Crippen LogP contribution in [-0.4, -0.2) is 15.1 Å². The Morgan fingerprint density at radius 2 is 2.23 bits per heavy atom. The van der Waals surface area contributed by atoms with Crippen LogP contribution in [0.5, 0.6) is 5.75 Å². The molecular formula is C9H8N2O2. The van der Waals surface area contributed by atoms with Crippen molar-refractivity contribution in [2.24, 2.45) is 0 Å². The first kappa shape index (κ1) is 7.79. The molecule has 2 N–H and O–H groups in total. The molecule has 13 heavy (non-hydrogen) atoms. The molecule has 4 nitrogen and oxygen atoms in total. The Kier molecular flexibility index (Phi) is 1.55. The molecule has 0 aliphatic heterocycles.